The highest BCUT2D eigenvalue weighted by Crippen LogP contribution is 2.35. The second-order valence-corrected chi connectivity index (χ2v) is 15.0. The number of rotatable bonds is 21. The van der Waals surface area contributed by atoms with E-state index in [0.717, 1.165) is 12.2 Å². The van der Waals surface area contributed by atoms with Gasteiger partial charge in [0, 0.05) is 30.6 Å². The minimum Gasteiger partial charge on any atom is -0.494 e. The molecule has 5 aromatic carbocycles. The number of ether oxygens (including phenoxy) is 4. The van der Waals surface area contributed by atoms with Crippen LogP contribution in [-0.2, 0) is 9.59 Å². The average molecular weight is 935 g/mol. The first-order valence-electron chi connectivity index (χ1n) is 20.4. The van der Waals surface area contributed by atoms with E-state index in [9.17, 15) is 55.7 Å². The van der Waals surface area contributed by atoms with Crippen LogP contribution in [0, 0.1) is 0 Å². The second-order valence-electron chi connectivity index (χ2n) is 15.0. The van der Waals surface area contributed by atoms with Gasteiger partial charge in [-0.2, -0.15) is 26.3 Å². The van der Waals surface area contributed by atoms with Gasteiger partial charge in [0.1, 0.15) is 23.0 Å². The van der Waals surface area contributed by atoms with E-state index >= 15 is 0 Å². The number of nitrogens with two attached hydrogens (primary N) is 2. The van der Waals surface area contributed by atoms with Gasteiger partial charge in [-0.05, 0) is 133 Å². The van der Waals surface area contributed by atoms with Crippen LogP contribution in [0.2, 0.25) is 0 Å². The van der Waals surface area contributed by atoms with Crippen molar-refractivity contribution in [1.82, 2.24) is 0 Å². The summed E-state index contributed by atoms with van der Waals surface area (Å²) in [5.41, 5.74) is 13.5. The van der Waals surface area contributed by atoms with Crippen LogP contribution in [0.15, 0.2) is 127 Å². The minimum absolute atomic E-state index is 0.0922. The number of hydrogen-bond donors (Lipinski definition) is 4. The van der Waals surface area contributed by atoms with Gasteiger partial charge >= 0.3 is 24.3 Å². The Bertz CT molecular complexity index is 2520. The van der Waals surface area contributed by atoms with Gasteiger partial charge in [0.25, 0.3) is 0 Å². The summed E-state index contributed by atoms with van der Waals surface area (Å²) < 4.78 is 95.4. The fourth-order valence-corrected chi connectivity index (χ4v) is 6.25. The van der Waals surface area contributed by atoms with Crippen molar-refractivity contribution in [3.8, 4) is 23.0 Å². The lowest BCUT2D eigenvalue weighted by atomic mass is 9.83. The molecule has 0 bridgehead atoms. The first-order valence-corrected chi connectivity index (χ1v) is 20.4. The van der Waals surface area contributed by atoms with Gasteiger partial charge in [-0.3, -0.25) is 9.59 Å². The first kappa shape index (κ1) is 50.6. The standard InChI is InChI=1S/C49H44F6N2O10/c50-47(51,52)23-1-25-64-39-18-9-33(10-19-39)45(60)66-41-14-4-31(5-15-41)3-13-38(58)30-43(35-27-36(56)29-37(57)28-35)49(62,63)44(59)22-8-32-6-16-42(17-7-32)67-46(61)34-11-20-40(21-12-34)65-26-2-24-48(53,54)55/h3-22,27-29,43,62-63H,1-2,23-26,30,56-57H2. The number of halogens is 6. The van der Waals surface area contributed by atoms with E-state index in [-0.39, 0.29) is 77.1 Å². The number of benzene rings is 5. The van der Waals surface area contributed by atoms with Crippen molar-refractivity contribution in [2.75, 3.05) is 24.7 Å². The Morgan fingerprint density at radius 3 is 1.34 bits per heavy atom. The molecule has 0 spiro atoms. The summed E-state index contributed by atoms with van der Waals surface area (Å²) >= 11 is 0. The molecule has 0 saturated carbocycles. The summed E-state index contributed by atoms with van der Waals surface area (Å²) in [6.07, 6.45) is -6.77. The molecule has 0 radical (unpaired) electrons. The molecule has 1 unspecified atom stereocenters. The van der Waals surface area contributed by atoms with E-state index in [0.29, 0.717) is 11.1 Å². The molecule has 0 aliphatic carbocycles. The molecule has 1 atom stereocenters. The van der Waals surface area contributed by atoms with Crippen LogP contribution in [0.1, 0.15) is 75.4 Å². The molecule has 67 heavy (non-hydrogen) atoms. The molecule has 0 aromatic heterocycles. The van der Waals surface area contributed by atoms with E-state index < -0.39 is 66.8 Å². The number of alkyl halides is 6. The monoisotopic (exact) mass is 934 g/mol. The lowest BCUT2D eigenvalue weighted by Crippen LogP contribution is -2.44. The van der Waals surface area contributed by atoms with Crippen LogP contribution >= 0.6 is 0 Å². The molecular formula is C49H44F6N2O10. The van der Waals surface area contributed by atoms with Crippen molar-refractivity contribution in [1.29, 1.82) is 0 Å². The Morgan fingerprint density at radius 1 is 0.552 bits per heavy atom. The van der Waals surface area contributed by atoms with Gasteiger partial charge in [-0.25, -0.2) is 9.59 Å². The van der Waals surface area contributed by atoms with Gasteiger partial charge in [-0.15, -0.1) is 0 Å². The summed E-state index contributed by atoms with van der Waals surface area (Å²) in [6.45, 7) is -0.305. The van der Waals surface area contributed by atoms with Crippen molar-refractivity contribution in [3.63, 3.8) is 0 Å². The zero-order valence-electron chi connectivity index (χ0n) is 35.4. The molecule has 12 nitrogen and oxygen atoms in total. The van der Waals surface area contributed by atoms with Gasteiger partial charge in [0.05, 0.1) is 30.3 Å². The SMILES string of the molecule is Nc1cc(N)cc(C(CC(=O)C=Cc2ccc(OC(=O)c3ccc(OCCCC(F)(F)F)cc3)cc2)C(O)(O)C(=O)C=Cc2ccc(OC(=O)c3ccc(OCCCC(F)(F)F)cc3)cc2)c1. The summed E-state index contributed by atoms with van der Waals surface area (Å²) in [5.74, 6) is -7.10. The normalized spacial score (nSPS) is 12.5. The Hall–Kier alpha value is -7.44. The molecule has 0 fully saturated rings. The number of aliphatic hydroxyl groups is 2. The highest BCUT2D eigenvalue weighted by atomic mass is 19.4. The fourth-order valence-electron chi connectivity index (χ4n) is 6.25. The molecule has 18 heteroatoms. The van der Waals surface area contributed by atoms with E-state index in [1.165, 1.54) is 115 Å². The smallest absolute Gasteiger partial charge is 0.389 e. The number of esters is 2. The number of hydrogen-bond acceptors (Lipinski definition) is 12. The van der Waals surface area contributed by atoms with Crippen molar-refractivity contribution < 1.29 is 74.7 Å². The molecular weight excluding hydrogens is 891 g/mol. The quantitative estimate of drug-likeness (QED) is 0.0104. The first-order chi connectivity index (χ1) is 31.6. The van der Waals surface area contributed by atoms with E-state index in [2.05, 4.69) is 0 Å². The van der Waals surface area contributed by atoms with Crippen molar-refractivity contribution in [3.05, 3.63) is 155 Å². The van der Waals surface area contributed by atoms with Crippen molar-refractivity contribution >= 4 is 47.0 Å². The summed E-state index contributed by atoms with van der Waals surface area (Å²) in [5, 5.41) is 22.6. The van der Waals surface area contributed by atoms with Crippen LogP contribution in [-0.4, -0.2) is 65.1 Å². The van der Waals surface area contributed by atoms with E-state index in [1.54, 1.807) is 12.1 Å². The molecule has 5 rings (SSSR count). The van der Waals surface area contributed by atoms with E-state index in [1.807, 2.05) is 0 Å². The second kappa shape index (κ2) is 22.6. The van der Waals surface area contributed by atoms with Crippen LogP contribution in [0.25, 0.3) is 12.2 Å². The Balaban J connectivity index is 1.17. The maximum Gasteiger partial charge on any atom is 0.389 e. The van der Waals surface area contributed by atoms with Gasteiger partial charge in [0.2, 0.25) is 11.6 Å². The number of allylic oxidation sites excluding steroid dienone is 1. The maximum absolute atomic E-state index is 13.4. The highest BCUT2D eigenvalue weighted by Gasteiger charge is 2.42. The number of carbonyl (C=O) groups is 4. The number of carbonyl (C=O) groups excluding carboxylic acids is 4. The van der Waals surface area contributed by atoms with Crippen LogP contribution < -0.4 is 30.4 Å². The Morgan fingerprint density at radius 2 is 0.940 bits per heavy atom. The summed E-state index contributed by atoms with van der Waals surface area (Å²) in [7, 11) is 0. The lowest BCUT2D eigenvalue weighted by molar-refractivity contribution is -0.187. The average Bonchev–Trinajstić information content (AvgIpc) is 3.27. The fraction of sp³-hybridized carbons (Fsp3) is 0.224. The van der Waals surface area contributed by atoms with Crippen LogP contribution in [0.5, 0.6) is 23.0 Å². The van der Waals surface area contributed by atoms with Crippen LogP contribution in [0.3, 0.4) is 0 Å². The van der Waals surface area contributed by atoms with Crippen molar-refractivity contribution in [2.45, 2.75) is 56.2 Å². The maximum atomic E-state index is 13.4. The van der Waals surface area contributed by atoms with Crippen molar-refractivity contribution in [2.24, 2.45) is 0 Å². The number of nitrogen functional groups attached to an aromatic ring is 2. The summed E-state index contributed by atoms with van der Waals surface area (Å²) in [6, 6.07) is 27.2. The third-order valence-electron chi connectivity index (χ3n) is 9.65. The zero-order valence-corrected chi connectivity index (χ0v) is 35.4. The third kappa shape index (κ3) is 16.5. The van der Waals surface area contributed by atoms with Gasteiger partial charge in [0.15, 0.2) is 5.78 Å². The molecule has 0 aliphatic rings. The summed E-state index contributed by atoms with van der Waals surface area (Å²) in [4.78, 5) is 52.1. The lowest BCUT2D eigenvalue weighted by Gasteiger charge is -2.29. The molecule has 0 saturated heterocycles. The predicted molar refractivity (Wildman–Crippen MR) is 235 cm³/mol. The molecule has 0 amide bonds. The Kier molecular flexibility index (Phi) is 17.1. The third-order valence-corrected chi connectivity index (χ3v) is 9.65. The van der Waals surface area contributed by atoms with Crippen LogP contribution in [0.4, 0.5) is 37.7 Å². The van der Waals surface area contributed by atoms with E-state index in [4.69, 9.17) is 30.4 Å². The molecule has 352 valence electrons. The topological polar surface area (TPSA) is 198 Å². The number of ketones is 2. The van der Waals surface area contributed by atoms with Gasteiger partial charge in [-0.1, -0.05) is 36.4 Å². The molecule has 0 heterocycles. The molecule has 6 N–H and O–H groups in total. The minimum atomic E-state index is -4.28. The zero-order chi connectivity index (χ0) is 48.8. The predicted octanol–water partition coefficient (Wildman–Crippen LogP) is 9.45. The Labute approximate surface area is 380 Å². The number of anilines is 2. The molecule has 0 aliphatic heterocycles. The highest BCUT2D eigenvalue weighted by molar-refractivity contribution is 6.01. The molecule has 5 aromatic rings. The largest absolute Gasteiger partial charge is 0.494 e. The van der Waals surface area contributed by atoms with Gasteiger partial charge < -0.3 is 40.6 Å².